The first-order chi connectivity index (χ1) is 8.40. The fourth-order valence-electron chi connectivity index (χ4n) is 1.67. The highest BCUT2D eigenvalue weighted by atomic mass is 32.2. The molecular formula is C13H20N2O2S. The molecule has 4 nitrogen and oxygen atoms in total. The zero-order valence-electron chi connectivity index (χ0n) is 10.9. The van der Waals surface area contributed by atoms with Gasteiger partial charge in [0.15, 0.2) is 0 Å². The van der Waals surface area contributed by atoms with E-state index in [-0.39, 0.29) is 4.90 Å². The Labute approximate surface area is 109 Å². The molecule has 0 unspecified atom stereocenters. The van der Waals surface area contributed by atoms with Crippen molar-refractivity contribution in [2.75, 3.05) is 12.3 Å². The summed E-state index contributed by atoms with van der Waals surface area (Å²) >= 11 is 0. The van der Waals surface area contributed by atoms with E-state index in [4.69, 9.17) is 5.73 Å². The molecule has 0 fully saturated rings. The van der Waals surface area contributed by atoms with E-state index in [1.54, 1.807) is 25.1 Å². The van der Waals surface area contributed by atoms with Crippen LogP contribution in [-0.2, 0) is 10.0 Å². The van der Waals surface area contributed by atoms with Gasteiger partial charge in [0.25, 0.3) is 0 Å². The summed E-state index contributed by atoms with van der Waals surface area (Å²) in [5, 5.41) is 0. The lowest BCUT2D eigenvalue weighted by molar-refractivity contribution is 0.579. The largest absolute Gasteiger partial charge is 0.398 e. The van der Waals surface area contributed by atoms with Gasteiger partial charge in [-0.15, -0.1) is 6.58 Å². The van der Waals surface area contributed by atoms with Crippen LogP contribution in [0.15, 0.2) is 29.7 Å². The van der Waals surface area contributed by atoms with Crippen LogP contribution in [-0.4, -0.2) is 15.0 Å². The standard InChI is InChI=1S/C13H20N2O2S/c1-4-5-6-9-15-18(16,17)12-8-7-10(2)13(14)11(12)3/h4,7-8,15H,1,5-6,9,14H2,2-3H3. The Morgan fingerprint density at radius 3 is 2.67 bits per heavy atom. The molecule has 0 radical (unpaired) electrons. The SMILES string of the molecule is C=CCCCNS(=O)(=O)c1ccc(C)c(N)c1C. The van der Waals surface area contributed by atoms with E-state index in [9.17, 15) is 8.42 Å². The van der Waals surface area contributed by atoms with Crippen LogP contribution in [0.4, 0.5) is 5.69 Å². The lowest BCUT2D eigenvalue weighted by atomic mass is 10.1. The molecule has 0 amide bonds. The number of sulfonamides is 1. The summed E-state index contributed by atoms with van der Waals surface area (Å²) in [5.74, 6) is 0. The Morgan fingerprint density at radius 1 is 1.39 bits per heavy atom. The summed E-state index contributed by atoms with van der Waals surface area (Å²) in [6.07, 6.45) is 3.30. The number of hydrogen-bond donors (Lipinski definition) is 2. The van der Waals surface area contributed by atoms with Gasteiger partial charge in [-0.05, 0) is 43.9 Å². The van der Waals surface area contributed by atoms with Crippen LogP contribution in [0, 0.1) is 13.8 Å². The van der Waals surface area contributed by atoms with Crippen molar-refractivity contribution in [1.29, 1.82) is 0 Å². The van der Waals surface area contributed by atoms with Crippen LogP contribution in [0.5, 0.6) is 0 Å². The van der Waals surface area contributed by atoms with Crippen LogP contribution < -0.4 is 10.5 Å². The number of rotatable bonds is 6. The van der Waals surface area contributed by atoms with Crippen molar-refractivity contribution < 1.29 is 8.42 Å². The van der Waals surface area contributed by atoms with Crippen molar-refractivity contribution in [2.24, 2.45) is 0 Å². The number of nitrogens with two attached hydrogens (primary N) is 1. The molecular weight excluding hydrogens is 248 g/mol. The Balaban J connectivity index is 2.92. The first kappa shape index (κ1) is 14.7. The van der Waals surface area contributed by atoms with Gasteiger partial charge in [-0.3, -0.25) is 0 Å². The summed E-state index contributed by atoms with van der Waals surface area (Å²) in [6.45, 7) is 7.58. The highest BCUT2D eigenvalue weighted by Gasteiger charge is 2.17. The molecule has 0 saturated heterocycles. The monoisotopic (exact) mass is 268 g/mol. The van der Waals surface area contributed by atoms with Crippen LogP contribution in [0.25, 0.3) is 0 Å². The zero-order chi connectivity index (χ0) is 13.8. The van der Waals surface area contributed by atoms with E-state index in [2.05, 4.69) is 11.3 Å². The fraction of sp³-hybridized carbons (Fsp3) is 0.385. The van der Waals surface area contributed by atoms with Gasteiger partial charge in [-0.2, -0.15) is 0 Å². The Morgan fingerprint density at radius 2 is 2.06 bits per heavy atom. The second kappa shape index (κ2) is 6.02. The molecule has 3 N–H and O–H groups in total. The normalized spacial score (nSPS) is 11.4. The van der Waals surface area contributed by atoms with E-state index in [1.807, 2.05) is 6.92 Å². The van der Waals surface area contributed by atoms with E-state index < -0.39 is 10.0 Å². The van der Waals surface area contributed by atoms with E-state index in [1.165, 1.54) is 0 Å². The minimum absolute atomic E-state index is 0.254. The maximum atomic E-state index is 12.1. The van der Waals surface area contributed by atoms with Crippen molar-refractivity contribution in [1.82, 2.24) is 4.72 Å². The first-order valence-corrected chi connectivity index (χ1v) is 7.34. The summed E-state index contributed by atoms with van der Waals surface area (Å²) < 4.78 is 26.7. The Bertz CT molecular complexity index is 536. The summed E-state index contributed by atoms with van der Waals surface area (Å²) in [7, 11) is -3.47. The molecule has 0 aliphatic carbocycles. The predicted octanol–water partition coefficient (Wildman–Crippen LogP) is 2.13. The number of anilines is 1. The van der Waals surface area contributed by atoms with Crippen LogP contribution in [0.1, 0.15) is 24.0 Å². The number of allylic oxidation sites excluding steroid dienone is 1. The van der Waals surface area contributed by atoms with Crippen LogP contribution in [0.3, 0.4) is 0 Å². The topological polar surface area (TPSA) is 72.2 Å². The van der Waals surface area contributed by atoms with Crippen molar-refractivity contribution in [3.63, 3.8) is 0 Å². The molecule has 100 valence electrons. The van der Waals surface area contributed by atoms with Gasteiger partial charge in [0.2, 0.25) is 10.0 Å². The number of nitrogen functional groups attached to an aromatic ring is 1. The molecule has 0 aromatic heterocycles. The number of nitrogens with one attached hydrogen (secondary N) is 1. The van der Waals surface area contributed by atoms with Gasteiger partial charge in [-0.1, -0.05) is 12.1 Å². The maximum absolute atomic E-state index is 12.1. The smallest absolute Gasteiger partial charge is 0.240 e. The molecule has 0 bridgehead atoms. The lowest BCUT2D eigenvalue weighted by Crippen LogP contribution is -2.25. The van der Waals surface area contributed by atoms with Gasteiger partial charge >= 0.3 is 0 Å². The molecule has 0 heterocycles. The third-order valence-corrected chi connectivity index (χ3v) is 4.46. The van der Waals surface area contributed by atoms with Crippen molar-refractivity contribution in [2.45, 2.75) is 31.6 Å². The minimum Gasteiger partial charge on any atom is -0.398 e. The van der Waals surface area contributed by atoms with Crippen molar-refractivity contribution >= 4 is 15.7 Å². The highest BCUT2D eigenvalue weighted by molar-refractivity contribution is 7.89. The fourth-order valence-corrected chi connectivity index (χ4v) is 2.99. The number of unbranched alkanes of at least 4 members (excludes halogenated alkanes) is 1. The van der Waals surface area contributed by atoms with Gasteiger partial charge in [0.05, 0.1) is 4.90 Å². The Hall–Kier alpha value is -1.33. The summed E-state index contributed by atoms with van der Waals surface area (Å²) in [4.78, 5) is 0.254. The molecule has 0 saturated carbocycles. The number of aryl methyl sites for hydroxylation is 1. The Kier molecular flexibility index (Phi) is 4.93. The maximum Gasteiger partial charge on any atom is 0.240 e. The van der Waals surface area contributed by atoms with Crippen molar-refractivity contribution in [3.8, 4) is 0 Å². The summed E-state index contributed by atoms with van der Waals surface area (Å²) in [5.41, 5.74) is 7.87. The molecule has 0 spiro atoms. The average molecular weight is 268 g/mol. The van der Waals surface area contributed by atoms with Gasteiger partial charge in [0.1, 0.15) is 0 Å². The van der Waals surface area contributed by atoms with Crippen LogP contribution >= 0.6 is 0 Å². The molecule has 5 heteroatoms. The minimum atomic E-state index is -3.47. The lowest BCUT2D eigenvalue weighted by Gasteiger charge is -2.12. The molecule has 0 aliphatic rings. The first-order valence-electron chi connectivity index (χ1n) is 5.86. The molecule has 1 aromatic carbocycles. The second-order valence-electron chi connectivity index (χ2n) is 4.25. The molecule has 0 aliphatic heterocycles. The molecule has 0 atom stereocenters. The number of hydrogen-bond acceptors (Lipinski definition) is 3. The van der Waals surface area contributed by atoms with E-state index >= 15 is 0 Å². The van der Waals surface area contributed by atoms with Gasteiger partial charge in [-0.25, -0.2) is 13.1 Å². The van der Waals surface area contributed by atoms with E-state index in [0.29, 0.717) is 17.8 Å². The predicted molar refractivity (Wildman–Crippen MR) is 74.9 cm³/mol. The highest BCUT2D eigenvalue weighted by Crippen LogP contribution is 2.23. The third kappa shape index (κ3) is 3.34. The molecule has 1 aromatic rings. The van der Waals surface area contributed by atoms with Crippen molar-refractivity contribution in [3.05, 3.63) is 35.9 Å². The van der Waals surface area contributed by atoms with Gasteiger partial charge in [0, 0.05) is 12.2 Å². The van der Waals surface area contributed by atoms with Crippen LogP contribution in [0.2, 0.25) is 0 Å². The number of benzene rings is 1. The summed E-state index contributed by atoms with van der Waals surface area (Å²) in [6, 6.07) is 3.32. The van der Waals surface area contributed by atoms with E-state index in [0.717, 1.165) is 18.4 Å². The third-order valence-electron chi connectivity index (χ3n) is 2.85. The molecule has 18 heavy (non-hydrogen) atoms. The molecule has 1 rings (SSSR count). The zero-order valence-corrected chi connectivity index (χ0v) is 11.7. The van der Waals surface area contributed by atoms with Gasteiger partial charge < -0.3 is 5.73 Å². The quantitative estimate of drug-likeness (QED) is 0.471. The second-order valence-corrected chi connectivity index (χ2v) is 5.98. The average Bonchev–Trinajstić information content (AvgIpc) is 2.31.